The summed E-state index contributed by atoms with van der Waals surface area (Å²) in [6.45, 7) is 2.25. The number of benzene rings is 1. The Hall–Kier alpha value is -1.25. The van der Waals surface area contributed by atoms with E-state index in [1.807, 2.05) is 12.1 Å². The van der Waals surface area contributed by atoms with Crippen LogP contribution in [0.3, 0.4) is 0 Å². The molecule has 1 N–H and O–H groups in total. The molecule has 1 aromatic rings. The van der Waals surface area contributed by atoms with Crippen LogP contribution >= 0.6 is 0 Å². The zero-order valence-electron chi connectivity index (χ0n) is 8.17. The number of hydrogen-bond acceptors (Lipinski definition) is 2. The minimum atomic E-state index is 0.519. The molecule has 0 aromatic heterocycles. The maximum atomic E-state index is 12.0. The second-order valence-electron chi connectivity index (χ2n) is 3.69. The Morgan fingerprint density at radius 2 is 1.64 bits per heavy atom. The van der Waals surface area contributed by atoms with Crippen LogP contribution in [0.5, 0.6) is 0 Å². The van der Waals surface area contributed by atoms with Crippen LogP contribution in [0, 0.1) is 0 Å². The highest BCUT2D eigenvalue weighted by Gasteiger charge is 2.10. The molecular weight excluding hydrogens is 179 g/mol. The van der Waals surface area contributed by atoms with Gasteiger partial charge in [-0.1, -0.05) is 0 Å². The van der Waals surface area contributed by atoms with Crippen LogP contribution in [0.4, 0.5) is 15.9 Å². The van der Waals surface area contributed by atoms with E-state index in [4.69, 9.17) is 0 Å². The van der Waals surface area contributed by atoms with Gasteiger partial charge in [0.25, 0.3) is 0 Å². The molecule has 1 aliphatic heterocycles. The normalized spacial score (nSPS) is 16.8. The van der Waals surface area contributed by atoms with Crippen molar-refractivity contribution in [1.29, 1.82) is 0 Å². The molecule has 3 heteroatoms. The first-order valence-corrected chi connectivity index (χ1v) is 5.12. The van der Waals surface area contributed by atoms with Crippen molar-refractivity contribution in [3.05, 3.63) is 24.3 Å². The van der Waals surface area contributed by atoms with Crippen molar-refractivity contribution in [1.82, 2.24) is 0 Å². The molecule has 0 amide bonds. The highest BCUT2D eigenvalue weighted by atomic mass is 19.2. The van der Waals surface area contributed by atoms with E-state index in [1.165, 1.54) is 24.9 Å². The quantitative estimate of drug-likeness (QED) is 0.728. The molecule has 0 spiro atoms. The average molecular weight is 194 g/mol. The third-order valence-electron chi connectivity index (χ3n) is 2.70. The van der Waals surface area contributed by atoms with Crippen LogP contribution in [-0.2, 0) is 0 Å². The number of nitrogens with zero attached hydrogens (tertiary/aromatic N) is 1. The molecule has 0 bridgehead atoms. The maximum Gasteiger partial charge on any atom is 0.0657 e. The van der Waals surface area contributed by atoms with Gasteiger partial charge in [0.15, 0.2) is 0 Å². The van der Waals surface area contributed by atoms with Crippen LogP contribution in [0.15, 0.2) is 24.3 Å². The highest BCUT2D eigenvalue weighted by Crippen LogP contribution is 2.21. The fourth-order valence-electron chi connectivity index (χ4n) is 1.89. The van der Waals surface area contributed by atoms with Crippen LogP contribution in [0.2, 0.25) is 0 Å². The van der Waals surface area contributed by atoms with Crippen molar-refractivity contribution >= 4 is 11.4 Å². The van der Waals surface area contributed by atoms with Crippen molar-refractivity contribution in [3.8, 4) is 0 Å². The van der Waals surface area contributed by atoms with Gasteiger partial charge in [0.05, 0.1) is 5.69 Å². The second-order valence-corrected chi connectivity index (χ2v) is 3.69. The number of anilines is 2. The van der Waals surface area contributed by atoms with E-state index >= 15 is 0 Å². The molecule has 2 rings (SSSR count). The monoisotopic (exact) mass is 194 g/mol. The molecule has 0 saturated carbocycles. The van der Waals surface area contributed by atoms with Crippen molar-refractivity contribution in [2.24, 2.45) is 0 Å². The first kappa shape index (κ1) is 9.31. The fourth-order valence-corrected chi connectivity index (χ4v) is 1.89. The summed E-state index contributed by atoms with van der Waals surface area (Å²) in [6, 6.07) is 7.47. The van der Waals surface area contributed by atoms with E-state index < -0.39 is 0 Å². The maximum absolute atomic E-state index is 12.0. The number of piperidine rings is 1. The highest BCUT2D eigenvalue weighted by molar-refractivity contribution is 5.54. The summed E-state index contributed by atoms with van der Waals surface area (Å²) < 4.78 is 12.0. The second kappa shape index (κ2) is 4.31. The summed E-state index contributed by atoms with van der Waals surface area (Å²) in [4.78, 5) is 2.35. The van der Waals surface area contributed by atoms with Crippen molar-refractivity contribution in [2.75, 3.05) is 23.5 Å². The Labute approximate surface area is 83.7 Å². The number of nitrogens with one attached hydrogen (secondary N) is 1. The van der Waals surface area contributed by atoms with Crippen LogP contribution in [-0.4, -0.2) is 13.1 Å². The Bertz CT molecular complexity index is 278. The van der Waals surface area contributed by atoms with Gasteiger partial charge >= 0.3 is 0 Å². The summed E-state index contributed by atoms with van der Waals surface area (Å²) in [5.74, 6) is 0. The topological polar surface area (TPSA) is 15.3 Å². The molecular formula is C11H15FN2. The first-order chi connectivity index (χ1) is 6.90. The molecule has 1 aromatic carbocycles. The lowest BCUT2D eigenvalue weighted by Crippen LogP contribution is -2.29. The van der Waals surface area contributed by atoms with Crippen LogP contribution in [0.25, 0.3) is 0 Å². The lowest BCUT2D eigenvalue weighted by molar-refractivity contribution is 0.577. The van der Waals surface area contributed by atoms with Gasteiger partial charge in [0.2, 0.25) is 0 Å². The van der Waals surface area contributed by atoms with E-state index in [2.05, 4.69) is 4.90 Å². The van der Waals surface area contributed by atoms with Crippen molar-refractivity contribution < 1.29 is 4.48 Å². The first-order valence-electron chi connectivity index (χ1n) is 5.12. The summed E-state index contributed by atoms with van der Waals surface area (Å²) in [6.07, 6.45) is 3.87. The predicted octanol–water partition coefficient (Wildman–Crippen LogP) is 2.97. The van der Waals surface area contributed by atoms with E-state index in [1.54, 1.807) is 17.7 Å². The standard InChI is InChI=1S/C11H15FN2/c12-13-10-4-6-11(7-5-10)14-8-2-1-3-9-14/h4-7,13H,1-3,8-9H2. The predicted molar refractivity (Wildman–Crippen MR) is 57.2 cm³/mol. The van der Waals surface area contributed by atoms with Gasteiger partial charge in [0, 0.05) is 18.8 Å². The zero-order valence-corrected chi connectivity index (χ0v) is 8.17. The molecule has 1 fully saturated rings. The van der Waals surface area contributed by atoms with Crippen molar-refractivity contribution in [2.45, 2.75) is 19.3 Å². The third-order valence-corrected chi connectivity index (χ3v) is 2.70. The van der Waals surface area contributed by atoms with E-state index in [0.717, 1.165) is 13.1 Å². The molecule has 14 heavy (non-hydrogen) atoms. The Morgan fingerprint density at radius 1 is 1.00 bits per heavy atom. The van der Waals surface area contributed by atoms with Gasteiger partial charge in [-0.05, 0) is 43.5 Å². The summed E-state index contributed by atoms with van der Waals surface area (Å²) in [5.41, 5.74) is 3.36. The molecule has 0 aliphatic carbocycles. The molecule has 1 heterocycles. The minimum Gasteiger partial charge on any atom is -0.372 e. The van der Waals surface area contributed by atoms with Gasteiger partial charge in [-0.3, -0.25) is 0 Å². The fraction of sp³-hybridized carbons (Fsp3) is 0.455. The lowest BCUT2D eigenvalue weighted by atomic mass is 10.1. The van der Waals surface area contributed by atoms with Crippen molar-refractivity contribution in [3.63, 3.8) is 0 Å². The van der Waals surface area contributed by atoms with Crippen LogP contribution in [0.1, 0.15) is 19.3 Å². The molecule has 0 atom stereocenters. The summed E-state index contributed by atoms with van der Waals surface area (Å²) in [5, 5.41) is 0. The SMILES string of the molecule is FNc1ccc(N2CCCCC2)cc1. The Kier molecular flexibility index (Phi) is 2.87. The van der Waals surface area contributed by atoms with Gasteiger partial charge in [0.1, 0.15) is 0 Å². The van der Waals surface area contributed by atoms with Gasteiger partial charge in [-0.2, -0.15) is 0 Å². The van der Waals surface area contributed by atoms with Gasteiger partial charge < -0.3 is 4.90 Å². The number of hydrogen-bond donors (Lipinski definition) is 1. The Morgan fingerprint density at radius 3 is 2.21 bits per heavy atom. The van der Waals surface area contributed by atoms with E-state index in [0.29, 0.717) is 5.69 Å². The molecule has 0 radical (unpaired) electrons. The molecule has 0 unspecified atom stereocenters. The summed E-state index contributed by atoms with van der Waals surface area (Å²) >= 11 is 0. The largest absolute Gasteiger partial charge is 0.372 e. The van der Waals surface area contributed by atoms with E-state index in [-0.39, 0.29) is 0 Å². The van der Waals surface area contributed by atoms with Crippen LogP contribution < -0.4 is 10.4 Å². The third kappa shape index (κ3) is 1.97. The number of rotatable bonds is 2. The smallest absolute Gasteiger partial charge is 0.0657 e. The lowest BCUT2D eigenvalue weighted by Gasteiger charge is -2.28. The molecule has 2 nitrogen and oxygen atoms in total. The zero-order chi connectivity index (χ0) is 9.80. The van der Waals surface area contributed by atoms with Gasteiger partial charge in [-0.25, -0.2) is 5.54 Å². The van der Waals surface area contributed by atoms with E-state index in [9.17, 15) is 4.48 Å². The molecule has 1 aliphatic rings. The number of halogens is 1. The van der Waals surface area contributed by atoms with Gasteiger partial charge in [-0.15, -0.1) is 4.48 Å². The molecule has 1 saturated heterocycles. The minimum absolute atomic E-state index is 0.519. The average Bonchev–Trinajstić information content (AvgIpc) is 2.30. The Balaban J connectivity index is 2.07. The summed E-state index contributed by atoms with van der Waals surface area (Å²) in [7, 11) is 0. The molecule has 76 valence electrons.